The Kier molecular flexibility index (Phi) is 4.51. The molecule has 3 rings (SSSR count). The lowest BCUT2D eigenvalue weighted by molar-refractivity contribution is 0.0915. The first-order chi connectivity index (χ1) is 11.8. The third-order valence-corrected chi connectivity index (χ3v) is 5.16. The fraction of sp³-hybridized carbons (Fsp3) is 0.389. The molecule has 1 aliphatic carbocycles. The molecule has 0 fully saturated rings. The lowest BCUT2D eigenvalue weighted by Crippen LogP contribution is -2.26. The second-order valence-electron chi connectivity index (χ2n) is 6.76. The minimum atomic E-state index is -0.353. The Labute approximate surface area is 150 Å². The number of benzene rings is 1. The van der Waals surface area contributed by atoms with E-state index in [0.29, 0.717) is 33.5 Å². The Morgan fingerprint density at radius 3 is 2.68 bits per heavy atom. The molecule has 0 unspecified atom stereocenters. The van der Waals surface area contributed by atoms with E-state index < -0.39 is 0 Å². The van der Waals surface area contributed by atoms with Crippen molar-refractivity contribution >= 4 is 28.2 Å². The van der Waals surface area contributed by atoms with Gasteiger partial charge in [-0.2, -0.15) is 0 Å². The van der Waals surface area contributed by atoms with E-state index in [1.165, 1.54) is 25.6 Å². The molecule has 2 aromatic rings. The fourth-order valence-electron chi connectivity index (χ4n) is 2.93. The molecule has 1 N–H and O–H groups in total. The van der Waals surface area contributed by atoms with Gasteiger partial charge in [0.2, 0.25) is 0 Å². The summed E-state index contributed by atoms with van der Waals surface area (Å²) in [6.45, 7) is 4.10. The van der Waals surface area contributed by atoms with Crippen molar-refractivity contribution in [3.05, 3.63) is 34.3 Å². The molecule has 0 saturated heterocycles. The molecule has 1 heterocycles. The molecule has 6 nitrogen and oxygen atoms in total. The van der Waals surface area contributed by atoms with Crippen LogP contribution in [0.2, 0.25) is 0 Å². The van der Waals surface area contributed by atoms with Gasteiger partial charge in [-0.05, 0) is 30.0 Å². The number of anilines is 1. The highest BCUT2D eigenvalue weighted by Crippen LogP contribution is 2.38. The summed E-state index contributed by atoms with van der Waals surface area (Å²) in [6, 6.07) is 5.00. The minimum Gasteiger partial charge on any atom is -0.497 e. The molecular formula is C18H20N2O4S. The van der Waals surface area contributed by atoms with Gasteiger partial charge in [0, 0.05) is 6.42 Å². The van der Waals surface area contributed by atoms with E-state index >= 15 is 0 Å². The highest BCUT2D eigenvalue weighted by molar-refractivity contribution is 7.17. The summed E-state index contributed by atoms with van der Waals surface area (Å²) < 4.78 is 10.4. The topological polar surface area (TPSA) is 77.5 Å². The van der Waals surface area contributed by atoms with Gasteiger partial charge < -0.3 is 9.47 Å². The van der Waals surface area contributed by atoms with Crippen LogP contribution in [0.5, 0.6) is 11.5 Å². The number of ketones is 1. The molecule has 0 saturated carbocycles. The van der Waals surface area contributed by atoms with E-state index in [9.17, 15) is 9.59 Å². The van der Waals surface area contributed by atoms with E-state index in [-0.39, 0.29) is 17.1 Å². The summed E-state index contributed by atoms with van der Waals surface area (Å²) in [5, 5.41) is 3.19. The average molecular weight is 360 g/mol. The zero-order valence-corrected chi connectivity index (χ0v) is 15.5. The van der Waals surface area contributed by atoms with Crippen LogP contribution in [0.1, 0.15) is 46.0 Å². The first-order valence-electron chi connectivity index (χ1n) is 7.89. The number of amides is 1. The monoisotopic (exact) mass is 360 g/mol. The number of carbonyl (C=O) groups is 2. The maximum absolute atomic E-state index is 12.6. The number of nitrogens with one attached hydrogen (secondary N) is 1. The van der Waals surface area contributed by atoms with Gasteiger partial charge in [0.25, 0.3) is 5.91 Å². The predicted molar refractivity (Wildman–Crippen MR) is 96.0 cm³/mol. The molecule has 1 amide bonds. The zero-order chi connectivity index (χ0) is 18.2. The Morgan fingerprint density at radius 2 is 2.00 bits per heavy atom. The summed E-state index contributed by atoms with van der Waals surface area (Å²) >= 11 is 1.23. The van der Waals surface area contributed by atoms with Crippen LogP contribution in [-0.4, -0.2) is 30.9 Å². The van der Waals surface area contributed by atoms with Gasteiger partial charge in [0.15, 0.2) is 10.9 Å². The fourth-order valence-corrected chi connectivity index (χ4v) is 3.84. The van der Waals surface area contributed by atoms with Crippen LogP contribution in [-0.2, 0) is 6.42 Å². The van der Waals surface area contributed by atoms with E-state index in [1.807, 2.05) is 13.8 Å². The molecular weight excluding hydrogens is 340 g/mol. The SMILES string of the molecule is COc1ccc(OC)c(C(=O)Nc2nc3c(s2)C(=O)CC(C)(C)C3)c1. The Morgan fingerprint density at radius 1 is 1.24 bits per heavy atom. The second-order valence-corrected chi connectivity index (χ2v) is 7.76. The predicted octanol–water partition coefficient (Wildman–Crippen LogP) is 3.57. The molecule has 0 bridgehead atoms. The third kappa shape index (κ3) is 3.51. The van der Waals surface area contributed by atoms with E-state index in [2.05, 4.69) is 10.3 Å². The summed E-state index contributed by atoms with van der Waals surface area (Å²) in [7, 11) is 3.03. The van der Waals surface area contributed by atoms with Crippen LogP contribution >= 0.6 is 11.3 Å². The number of nitrogens with zero attached hydrogens (tertiary/aromatic N) is 1. The highest BCUT2D eigenvalue weighted by Gasteiger charge is 2.34. The smallest absolute Gasteiger partial charge is 0.261 e. The van der Waals surface area contributed by atoms with Crippen molar-refractivity contribution in [1.82, 2.24) is 4.98 Å². The normalized spacial score (nSPS) is 15.4. The molecule has 1 aromatic heterocycles. The summed E-state index contributed by atoms with van der Waals surface area (Å²) in [5.41, 5.74) is 1.01. The summed E-state index contributed by atoms with van der Waals surface area (Å²) in [5.74, 6) is 0.731. The largest absolute Gasteiger partial charge is 0.497 e. The standard InChI is InChI=1S/C18H20N2O4S/c1-18(2)8-12-15(13(21)9-18)25-17(19-12)20-16(22)11-7-10(23-3)5-6-14(11)24-4/h5-7H,8-9H2,1-4H3,(H,19,20,22). The van der Waals surface area contributed by atoms with Crippen LogP contribution in [0.3, 0.4) is 0 Å². The Hall–Kier alpha value is -2.41. The van der Waals surface area contributed by atoms with Gasteiger partial charge in [-0.25, -0.2) is 4.98 Å². The molecule has 1 aromatic carbocycles. The van der Waals surface area contributed by atoms with Crippen molar-refractivity contribution < 1.29 is 19.1 Å². The molecule has 0 spiro atoms. The Balaban J connectivity index is 1.87. The van der Waals surface area contributed by atoms with Crippen molar-refractivity contribution in [2.45, 2.75) is 26.7 Å². The number of hydrogen-bond acceptors (Lipinski definition) is 6. The van der Waals surface area contributed by atoms with E-state index in [0.717, 1.165) is 12.1 Å². The maximum Gasteiger partial charge on any atom is 0.261 e. The van der Waals surface area contributed by atoms with Gasteiger partial charge in [-0.15, -0.1) is 0 Å². The quantitative estimate of drug-likeness (QED) is 0.902. The van der Waals surface area contributed by atoms with Gasteiger partial charge >= 0.3 is 0 Å². The van der Waals surface area contributed by atoms with Crippen molar-refractivity contribution in [2.24, 2.45) is 5.41 Å². The van der Waals surface area contributed by atoms with Crippen molar-refractivity contribution in [1.29, 1.82) is 0 Å². The molecule has 25 heavy (non-hydrogen) atoms. The lowest BCUT2D eigenvalue weighted by atomic mass is 9.78. The highest BCUT2D eigenvalue weighted by atomic mass is 32.1. The molecule has 7 heteroatoms. The average Bonchev–Trinajstić information content (AvgIpc) is 2.95. The van der Waals surface area contributed by atoms with Gasteiger partial charge in [0.1, 0.15) is 11.5 Å². The molecule has 1 aliphatic rings. The second kappa shape index (κ2) is 6.48. The number of methoxy groups -OCH3 is 2. The van der Waals surface area contributed by atoms with Crippen LogP contribution in [0.4, 0.5) is 5.13 Å². The number of ether oxygens (including phenoxy) is 2. The third-order valence-electron chi connectivity index (χ3n) is 4.11. The molecule has 132 valence electrons. The zero-order valence-electron chi connectivity index (χ0n) is 14.6. The molecule has 0 radical (unpaired) electrons. The van der Waals surface area contributed by atoms with Crippen molar-refractivity contribution in [3.8, 4) is 11.5 Å². The number of carbonyl (C=O) groups excluding carboxylic acids is 2. The van der Waals surface area contributed by atoms with E-state index in [1.54, 1.807) is 18.2 Å². The number of rotatable bonds is 4. The van der Waals surface area contributed by atoms with E-state index in [4.69, 9.17) is 9.47 Å². The first kappa shape index (κ1) is 17.4. The van der Waals surface area contributed by atoms with Crippen LogP contribution < -0.4 is 14.8 Å². The van der Waals surface area contributed by atoms with Crippen LogP contribution in [0.25, 0.3) is 0 Å². The maximum atomic E-state index is 12.6. The van der Waals surface area contributed by atoms with Gasteiger partial charge in [0.05, 0.1) is 30.4 Å². The van der Waals surface area contributed by atoms with Gasteiger partial charge in [-0.1, -0.05) is 25.2 Å². The van der Waals surface area contributed by atoms with Gasteiger partial charge in [-0.3, -0.25) is 14.9 Å². The number of fused-ring (bicyclic) bond motifs is 1. The number of aromatic nitrogens is 1. The first-order valence-corrected chi connectivity index (χ1v) is 8.71. The van der Waals surface area contributed by atoms with Crippen LogP contribution in [0, 0.1) is 5.41 Å². The summed E-state index contributed by atoms with van der Waals surface area (Å²) in [4.78, 5) is 30.0. The lowest BCUT2D eigenvalue weighted by Gasteiger charge is -2.26. The number of thiazole rings is 1. The molecule has 0 atom stereocenters. The number of Topliss-reactive ketones (excluding diaryl/α,β-unsaturated/α-hetero) is 1. The van der Waals surface area contributed by atoms with Crippen LogP contribution in [0.15, 0.2) is 18.2 Å². The van der Waals surface area contributed by atoms with Crippen molar-refractivity contribution in [2.75, 3.05) is 19.5 Å². The minimum absolute atomic E-state index is 0.0863. The van der Waals surface area contributed by atoms with Crippen molar-refractivity contribution in [3.63, 3.8) is 0 Å². The number of hydrogen-bond donors (Lipinski definition) is 1. The Bertz CT molecular complexity index is 842. The molecule has 0 aliphatic heterocycles. The summed E-state index contributed by atoms with van der Waals surface area (Å²) in [6.07, 6.45) is 1.22.